The number of imidazole rings is 1. The molecule has 3 aromatic heterocycles. The van der Waals surface area contributed by atoms with E-state index in [4.69, 9.17) is 15.5 Å². The lowest BCUT2D eigenvalue weighted by molar-refractivity contribution is 0.0708. The third-order valence-electron chi connectivity index (χ3n) is 8.14. The molecule has 1 saturated heterocycles. The topological polar surface area (TPSA) is 125 Å². The molecule has 4 aromatic rings. The monoisotopic (exact) mass is 564 g/mol. The fourth-order valence-electron chi connectivity index (χ4n) is 5.63. The quantitative estimate of drug-likeness (QED) is 0.362. The summed E-state index contributed by atoms with van der Waals surface area (Å²) in [6.07, 6.45) is 4.07. The molecule has 40 heavy (non-hydrogen) atoms. The van der Waals surface area contributed by atoms with Gasteiger partial charge in [0.1, 0.15) is 16.9 Å². The Morgan fingerprint density at radius 1 is 1.15 bits per heavy atom. The average molecular weight is 565 g/mol. The van der Waals surface area contributed by atoms with Crippen molar-refractivity contribution in [2.24, 2.45) is 18.7 Å². The fraction of sp³-hybridized carbons (Fsp3) is 0.483. The van der Waals surface area contributed by atoms with Crippen LogP contribution in [-0.2, 0) is 23.4 Å². The standard InChI is InChI=1S/C29H36N6O4S/c1-17(2)40(37,38)25-10-9-19-13-23(35(27(19)32-25)15-18-7-8-18)28-31-22-12-20(14-24(39-4)26(22)33(28)3)29(36)34-11-5-6-21(30)16-34/h9-10,12-14,17-18,21H,5-8,11,15-16,30H2,1-4H3/t21-/m1/s1. The number of hydrogen-bond acceptors (Lipinski definition) is 7. The van der Waals surface area contributed by atoms with Gasteiger partial charge in [-0.3, -0.25) is 4.79 Å². The first-order chi connectivity index (χ1) is 19.1. The number of ether oxygens (including phenoxy) is 1. The van der Waals surface area contributed by atoms with E-state index in [1.807, 2.05) is 29.8 Å². The minimum absolute atomic E-state index is 0.0113. The van der Waals surface area contributed by atoms with Crippen molar-refractivity contribution in [3.63, 3.8) is 0 Å². The number of piperidine rings is 1. The molecular formula is C29H36N6O4S. The number of amides is 1. The van der Waals surface area contributed by atoms with Gasteiger partial charge >= 0.3 is 0 Å². The molecule has 1 amide bonds. The van der Waals surface area contributed by atoms with Crippen molar-refractivity contribution in [2.75, 3.05) is 20.2 Å². The molecule has 6 rings (SSSR count). The highest BCUT2D eigenvalue weighted by Crippen LogP contribution is 2.38. The van der Waals surface area contributed by atoms with Gasteiger partial charge in [-0.1, -0.05) is 0 Å². The lowest BCUT2D eigenvalue weighted by Gasteiger charge is -2.30. The molecule has 0 unspecified atom stereocenters. The molecular weight excluding hydrogens is 528 g/mol. The summed E-state index contributed by atoms with van der Waals surface area (Å²) >= 11 is 0. The average Bonchev–Trinajstić information content (AvgIpc) is 3.61. The lowest BCUT2D eigenvalue weighted by atomic mass is 10.0. The summed E-state index contributed by atoms with van der Waals surface area (Å²) in [7, 11) is 0.00215. The smallest absolute Gasteiger partial charge is 0.254 e. The summed E-state index contributed by atoms with van der Waals surface area (Å²) in [6, 6.07) is 9.02. The summed E-state index contributed by atoms with van der Waals surface area (Å²) < 4.78 is 35.7. The van der Waals surface area contributed by atoms with Crippen LogP contribution in [0, 0.1) is 5.92 Å². The Labute approximate surface area is 234 Å². The van der Waals surface area contributed by atoms with E-state index in [2.05, 4.69) is 9.55 Å². The SMILES string of the molecule is COc1cc(C(=O)N2CCC[C@@H](N)C2)cc2nc(-c3cc4ccc(S(=O)(=O)C(C)C)nc4n3CC3CC3)n(C)c12. The van der Waals surface area contributed by atoms with Gasteiger partial charge in [-0.15, -0.1) is 0 Å². The van der Waals surface area contributed by atoms with Crippen LogP contribution in [-0.4, -0.2) is 69.8 Å². The van der Waals surface area contributed by atoms with Gasteiger partial charge in [-0.05, 0) is 75.8 Å². The third kappa shape index (κ3) is 4.54. The zero-order valence-electron chi connectivity index (χ0n) is 23.4. The van der Waals surface area contributed by atoms with Crippen LogP contribution in [0.4, 0.5) is 0 Å². The second-order valence-electron chi connectivity index (χ2n) is 11.4. The highest BCUT2D eigenvalue weighted by atomic mass is 32.2. The maximum atomic E-state index is 13.4. The van der Waals surface area contributed by atoms with E-state index in [9.17, 15) is 13.2 Å². The Balaban J connectivity index is 1.49. The number of carbonyl (C=O) groups is 1. The van der Waals surface area contributed by atoms with E-state index in [-0.39, 0.29) is 17.0 Å². The molecule has 1 aromatic carbocycles. The minimum Gasteiger partial charge on any atom is -0.494 e. The predicted octanol–water partition coefficient (Wildman–Crippen LogP) is 3.75. The van der Waals surface area contributed by atoms with Crippen molar-refractivity contribution in [2.45, 2.75) is 62.4 Å². The molecule has 2 N–H and O–H groups in total. The Hall–Kier alpha value is -3.44. The van der Waals surface area contributed by atoms with Crippen LogP contribution in [0.2, 0.25) is 0 Å². The largest absolute Gasteiger partial charge is 0.494 e. The first-order valence-corrected chi connectivity index (χ1v) is 15.5. The molecule has 1 saturated carbocycles. The molecule has 0 bridgehead atoms. The number of likely N-dealkylation sites (tertiary alicyclic amines) is 1. The first-order valence-electron chi connectivity index (χ1n) is 13.9. The normalized spacial score (nSPS) is 18.2. The van der Waals surface area contributed by atoms with Crippen molar-refractivity contribution < 1.29 is 17.9 Å². The number of nitrogens with two attached hydrogens (primary N) is 1. The third-order valence-corrected chi connectivity index (χ3v) is 10.2. The van der Waals surface area contributed by atoms with Crippen LogP contribution in [0.15, 0.2) is 35.4 Å². The predicted molar refractivity (Wildman–Crippen MR) is 154 cm³/mol. The van der Waals surface area contributed by atoms with Crippen LogP contribution >= 0.6 is 0 Å². The number of pyridine rings is 1. The molecule has 1 aliphatic heterocycles. The molecule has 1 atom stereocenters. The van der Waals surface area contributed by atoms with E-state index in [1.54, 1.807) is 38.0 Å². The number of carbonyl (C=O) groups excluding carboxylic acids is 1. The van der Waals surface area contributed by atoms with Crippen molar-refractivity contribution in [1.29, 1.82) is 0 Å². The van der Waals surface area contributed by atoms with Gasteiger partial charge in [0.15, 0.2) is 20.7 Å². The second kappa shape index (κ2) is 9.88. The summed E-state index contributed by atoms with van der Waals surface area (Å²) in [6.45, 7) is 5.29. The number of fused-ring (bicyclic) bond motifs is 2. The molecule has 2 aliphatic rings. The number of aryl methyl sites for hydroxylation is 1. The van der Waals surface area contributed by atoms with Gasteiger partial charge in [0.25, 0.3) is 5.91 Å². The first kappa shape index (κ1) is 26.8. The molecule has 4 heterocycles. The summed E-state index contributed by atoms with van der Waals surface area (Å²) in [5.41, 5.74) is 9.58. The van der Waals surface area contributed by atoms with Crippen LogP contribution in [0.5, 0.6) is 5.75 Å². The summed E-state index contributed by atoms with van der Waals surface area (Å²) in [5, 5.41) is 0.382. The fourth-order valence-corrected chi connectivity index (χ4v) is 6.59. The Morgan fingerprint density at radius 3 is 2.60 bits per heavy atom. The second-order valence-corrected chi connectivity index (χ2v) is 13.9. The lowest BCUT2D eigenvalue weighted by Crippen LogP contribution is -2.45. The Bertz CT molecular complexity index is 1730. The highest BCUT2D eigenvalue weighted by molar-refractivity contribution is 7.91. The zero-order valence-corrected chi connectivity index (χ0v) is 24.2. The van der Waals surface area contributed by atoms with E-state index in [1.165, 1.54) is 0 Å². The zero-order chi connectivity index (χ0) is 28.3. The minimum atomic E-state index is -3.52. The molecule has 0 spiro atoms. The maximum absolute atomic E-state index is 13.4. The van der Waals surface area contributed by atoms with Crippen molar-refractivity contribution in [3.8, 4) is 17.3 Å². The molecule has 1 aliphatic carbocycles. The van der Waals surface area contributed by atoms with Gasteiger partial charge in [0.05, 0.1) is 23.6 Å². The molecule has 11 heteroatoms. The molecule has 10 nitrogen and oxygen atoms in total. The van der Waals surface area contributed by atoms with Gasteiger partial charge in [-0.25, -0.2) is 18.4 Å². The van der Waals surface area contributed by atoms with Gasteiger partial charge in [0, 0.05) is 43.7 Å². The van der Waals surface area contributed by atoms with E-state index in [0.717, 1.165) is 48.8 Å². The van der Waals surface area contributed by atoms with Crippen molar-refractivity contribution in [3.05, 3.63) is 35.9 Å². The van der Waals surface area contributed by atoms with Crippen LogP contribution in [0.3, 0.4) is 0 Å². The van der Waals surface area contributed by atoms with Crippen molar-refractivity contribution in [1.82, 2.24) is 24.0 Å². The van der Waals surface area contributed by atoms with Gasteiger partial charge in [0.2, 0.25) is 0 Å². The summed E-state index contributed by atoms with van der Waals surface area (Å²) in [5.74, 6) is 1.71. The van der Waals surface area contributed by atoms with Crippen LogP contribution < -0.4 is 10.5 Å². The number of sulfone groups is 1. The molecule has 212 valence electrons. The number of benzene rings is 1. The van der Waals surface area contributed by atoms with E-state index in [0.29, 0.717) is 47.3 Å². The molecule has 0 radical (unpaired) electrons. The van der Waals surface area contributed by atoms with E-state index < -0.39 is 15.1 Å². The number of nitrogens with zero attached hydrogens (tertiary/aromatic N) is 5. The Kier molecular flexibility index (Phi) is 6.61. The Morgan fingerprint density at radius 2 is 1.93 bits per heavy atom. The number of rotatable bonds is 7. The van der Waals surface area contributed by atoms with Crippen molar-refractivity contribution >= 4 is 37.8 Å². The molecule has 2 fully saturated rings. The van der Waals surface area contributed by atoms with Crippen LogP contribution in [0.1, 0.15) is 49.9 Å². The number of hydrogen-bond donors (Lipinski definition) is 1. The summed E-state index contributed by atoms with van der Waals surface area (Å²) in [4.78, 5) is 24.9. The highest BCUT2D eigenvalue weighted by Gasteiger charge is 2.29. The van der Waals surface area contributed by atoms with E-state index >= 15 is 0 Å². The van der Waals surface area contributed by atoms with Gasteiger partial charge < -0.3 is 24.5 Å². The maximum Gasteiger partial charge on any atom is 0.254 e. The number of methoxy groups -OCH3 is 1. The van der Waals surface area contributed by atoms with Gasteiger partial charge in [-0.2, -0.15) is 0 Å². The van der Waals surface area contributed by atoms with Crippen LogP contribution in [0.25, 0.3) is 33.6 Å². The number of aromatic nitrogens is 4.